The number of carboxylic acids is 1. The van der Waals surface area contributed by atoms with Gasteiger partial charge >= 0.3 is 5.97 Å². The van der Waals surface area contributed by atoms with Gasteiger partial charge in [-0.3, -0.25) is 14.4 Å². The van der Waals surface area contributed by atoms with Crippen LogP contribution in [0.15, 0.2) is 18.2 Å². The van der Waals surface area contributed by atoms with Gasteiger partial charge in [-0.25, -0.2) is 0 Å². The number of fused-ring (bicyclic) bond motifs is 1. The molecule has 1 heterocycles. The third-order valence-corrected chi connectivity index (χ3v) is 3.16. The number of rotatable bonds is 6. The summed E-state index contributed by atoms with van der Waals surface area (Å²) in [4.78, 5) is 35.7. The van der Waals surface area contributed by atoms with Crippen LogP contribution in [0.5, 0.6) is 0 Å². The second-order valence-corrected chi connectivity index (χ2v) is 4.71. The molecule has 7 heteroatoms. The van der Waals surface area contributed by atoms with Gasteiger partial charge in [0.05, 0.1) is 13.0 Å². The lowest BCUT2D eigenvalue weighted by molar-refractivity contribution is -0.137. The van der Waals surface area contributed by atoms with Gasteiger partial charge in [0.2, 0.25) is 5.91 Å². The number of ether oxygens (including phenoxy) is 1. The number of anilines is 1. The van der Waals surface area contributed by atoms with E-state index in [1.165, 1.54) is 12.0 Å². The van der Waals surface area contributed by atoms with Gasteiger partial charge in [-0.2, -0.15) is 0 Å². The van der Waals surface area contributed by atoms with Crippen LogP contribution in [0.3, 0.4) is 0 Å². The van der Waals surface area contributed by atoms with E-state index >= 15 is 0 Å². The van der Waals surface area contributed by atoms with E-state index in [9.17, 15) is 14.4 Å². The van der Waals surface area contributed by atoms with Crippen LogP contribution in [0.25, 0.3) is 0 Å². The number of hydrogen-bond acceptors (Lipinski definition) is 4. The minimum absolute atomic E-state index is 0.114. The molecule has 0 fully saturated rings. The van der Waals surface area contributed by atoms with Crippen LogP contribution in [0.4, 0.5) is 5.69 Å². The molecule has 2 N–H and O–H groups in total. The highest BCUT2D eigenvalue weighted by molar-refractivity contribution is 6.02. The second kappa shape index (κ2) is 6.36. The Morgan fingerprint density at radius 2 is 2.19 bits per heavy atom. The van der Waals surface area contributed by atoms with Gasteiger partial charge in [0.25, 0.3) is 5.91 Å². The number of benzene rings is 1. The number of carbonyl (C=O) groups excluding carboxylic acids is 2. The summed E-state index contributed by atoms with van der Waals surface area (Å²) in [7, 11) is 1.48. The predicted octanol–water partition coefficient (Wildman–Crippen LogP) is 0.354. The molecule has 7 nitrogen and oxygen atoms in total. The lowest BCUT2D eigenvalue weighted by Gasteiger charge is -2.20. The molecule has 0 atom stereocenters. The summed E-state index contributed by atoms with van der Waals surface area (Å²) >= 11 is 0. The van der Waals surface area contributed by atoms with E-state index in [1.807, 2.05) is 0 Å². The molecular formula is C14H16N2O5. The Morgan fingerprint density at radius 3 is 2.86 bits per heavy atom. The maximum Gasteiger partial charge on any atom is 0.323 e. The monoisotopic (exact) mass is 292 g/mol. The van der Waals surface area contributed by atoms with Crippen LogP contribution in [0.1, 0.15) is 15.9 Å². The Morgan fingerprint density at radius 1 is 1.43 bits per heavy atom. The third-order valence-electron chi connectivity index (χ3n) is 3.16. The van der Waals surface area contributed by atoms with E-state index < -0.39 is 18.4 Å². The van der Waals surface area contributed by atoms with Crippen LogP contribution in [-0.2, 0) is 20.7 Å². The van der Waals surface area contributed by atoms with Crippen molar-refractivity contribution in [2.24, 2.45) is 0 Å². The summed E-state index contributed by atoms with van der Waals surface area (Å²) in [6.45, 7) is 0.0391. The summed E-state index contributed by atoms with van der Waals surface area (Å²) < 4.78 is 4.88. The van der Waals surface area contributed by atoms with Crippen molar-refractivity contribution >= 4 is 23.5 Å². The van der Waals surface area contributed by atoms with E-state index in [1.54, 1.807) is 18.2 Å². The maximum atomic E-state index is 12.4. The summed E-state index contributed by atoms with van der Waals surface area (Å²) in [5.41, 5.74) is 1.78. The zero-order valence-corrected chi connectivity index (χ0v) is 11.6. The lowest BCUT2D eigenvalue weighted by Crippen LogP contribution is -2.38. The topological polar surface area (TPSA) is 95.9 Å². The fourth-order valence-corrected chi connectivity index (χ4v) is 2.15. The van der Waals surface area contributed by atoms with E-state index in [0.717, 1.165) is 5.56 Å². The molecule has 0 aliphatic carbocycles. The molecule has 0 radical (unpaired) electrons. The molecule has 1 aliphatic rings. The van der Waals surface area contributed by atoms with Crippen molar-refractivity contribution in [2.45, 2.75) is 6.42 Å². The lowest BCUT2D eigenvalue weighted by atomic mass is 10.1. The van der Waals surface area contributed by atoms with Crippen molar-refractivity contribution in [2.75, 3.05) is 32.1 Å². The summed E-state index contributed by atoms with van der Waals surface area (Å²) in [6.07, 6.45) is 0.298. The first-order valence-electron chi connectivity index (χ1n) is 6.44. The Bertz CT molecular complexity index is 585. The molecule has 0 bridgehead atoms. The molecule has 2 rings (SSSR count). The van der Waals surface area contributed by atoms with Gasteiger partial charge in [0.1, 0.15) is 6.54 Å². The number of hydrogen-bond donors (Lipinski definition) is 2. The minimum Gasteiger partial charge on any atom is -0.480 e. The summed E-state index contributed by atoms with van der Waals surface area (Å²) in [5, 5.41) is 11.5. The zero-order chi connectivity index (χ0) is 15.4. The van der Waals surface area contributed by atoms with E-state index in [0.29, 0.717) is 17.7 Å². The van der Waals surface area contributed by atoms with Crippen LogP contribution in [-0.4, -0.2) is 54.6 Å². The highest BCUT2D eigenvalue weighted by Crippen LogP contribution is 2.24. The average Bonchev–Trinajstić information content (AvgIpc) is 2.81. The third kappa shape index (κ3) is 3.57. The van der Waals surface area contributed by atoms with Crippen LogP contribution < -0.4 is 5.32 Å². The quantitative estimate of drug-likeness (QED) is 0.789. The first-order valence-corrected chi connectivity index (χ1v) is 6.44. The number of aliphatic carboxylic acids is 1. The van der Waals surface area contributed by atoms with Crippen molar-refractivity contribution < 1.29 is 24.2 Å². The smallest absolute Gasteiger partial charge is 0.323 e. The number of carboxylic acid groups (broad SMARTS) is 1. The van der Waals surface area contributed by atoms with Crippen molar-refractivity contribution in [3.05, 3.63) is 29.3 Å². The average molecular weight is 292 g/mol. The summed E-state index contributed by atoms with van der Waals surface area (Å²) in [5.74, 6) is -1.61. The molecule has 1 aromatic rings. The van der Waals surface area contributed by atoms with Crippen LogP contribution >= 0.6 is 0 Å². The minimum atomic E-state index is -1.09. The van der Waals surface area contributed by atoms with Crippen molar-refractivity contribution in [1.29, 1.82) is 0 Å². The second-order valence-electron chi connectivity index (χ2n) is 4.71. The number of carbonyl (C=O) groups is 3. The summed E-state index contributed by atoms with van der Waals surface area (Å²) in [6, 6.07) is 4.88. The Balaban J connectivity index is 2.18. The van der Waals surface area contributed by atoms with E-state index in [4.69, 9.17) is 9.84 Å². The van der Waals surface area contributed by atoms with Crippen LogP contribution in [0.2, 0.25) is 0 Å². The molecule has 21 heavy (non-hydrogen) atoms. The number of methoxy groups -OCH3 is 1. The standard InChI is InChI=1S/C14H16N2O5/c1-21-5-4-16(8-13(18)19)14(20)10-3-2-9-7-12(17)15-11(9)6-10/h2-3,6H,4-5,7-8H2,1H3,(H,15,17)(H,18,19). The zero-order valence-electron chi connectivity index (χ0n) is 11.6. The fourth-order valence-electron chi connectivity index (χ4n) is 2.15. The molecule has 112 valence electrons. The molecule has 0 spiro atoms. The molecule has 0 aromatic heterocycles. The van der Waals surface area contributed by atoms with Crippen molar-refractivity contribution in [1.82, 2.24) is 4.90 Å². The Labute approximate surface area is 121 Å². The van der Waals surface area contributed by atoms with Gasteiger partial charge in [0, 0.05) is 24.9 Å². The molecule has 0 saturated carbocycles. The highest BCUT2D eigenvalue weighted by Gasteiger charge is 2.22. The predicted molar refractivity (Wildman–Crippen MR) is 74.2 cm³/mol. The Kier molecular flexibility index (Phi) is 4.54. The fraction of sp³-hybridized carbons (Fsp3) is 0.357. The van der Waals surface area contributed by atoms with Gasteiger partial charge < -0.3 is 20.1 Å². The van der Waals surface area contributed by atoms with Gasteiger partial charge in [-0.05, 0) is 17.7 Å². The normalized spacial score (nSPS) is 12.7. The van der Waals surface area contributed by atoms with Gasteiger partial charge in [-0.15, -0.1) is 0 Å². The van der Waals surface area contributed by atoms with Gasteiger partial charge in [0.15, 0.2) is 0 Å². The molecule has 0 unspecified atom stereocenters. The highest BCUT2D eigenvalue weighted by atomic mass is 16.5. The first kappa shape index (κ1) is 15.0. The molecule has 0 saturated heterocycles. The van der Waals surface area contributed by atoms with Gasteiger partial charge in [-0.1, -0.05) is 6.07 Å². The maximum absolute atomic E-state index is 12.4. The van der Waals surface area contributed by atoms with E-state index in [2.05, 4.69) is 5.32 Å². The SMILES string of the molecule is COCCN(CC(=O)O)C(=O)c1ccc2c(c1)NC(=O)C2. The molecular weight excluding hydrogens is 276 g/mol. The molecule has 1 aromatic carbocycles. The largest absolute Gasteiger partial charge is 0.480 e. The van der Waals surface area contributed by atoms with Crippen molar-refractivity contribution in [3.63, 3.8) is 0 Å². The van der Waals surface area contributed by atoms with Crippen LogP contribution in [0, 0.1) is 0 Å². The number of amides is 2. The number of nitrogens with one attached hydrogen (secondary N) is 1. The van der Waals surface area contributed by atoms with Crippen molar-refractivity contribution in [3.8, 4) is 0 Å². The first-order chi connectivity index (χ1) is 10.0. The molecule has 2 amide bonds. The van der Waals surface area contributed by atoms with E-state index in [-0.39, 0.29) is 19.1 Å². The molecule has 1 aliphatic heterocycles. The Hall–Kier alpha value is -2.41. The number of nitrogens with zero attached hydrogens (tertiary/aromatic N) is 1.